The maximum Gasteiger partial charge on any atom is 0.305 e. The summed E-state index contributed by atoms with van der Waals surface area (Å²) in [7, 11) is 0. The molecule has 0 aromatic heterocycles. The average molecular weight is 585 g/mol. The summed E-state index contributed by atoms with van der Waals surface area (Å²) < 4.78 is 32.9. The number of esters is 1. The van der Waals surface area contributed by atoms with E-state index in [0.29, 0.717) is 6.61 Å². The molecule has 0 saturated carbocycles. The van der Waals surface area contributed by atoms with Gasteiger partial charge in [0.05, 0.1) is 26.4 Å². The third-order valence-corrected chi connectivity index (χ3v) is 6.92. The van der Waals surface area contributed by atoms with Gasteiger partial charge in [-0.2, -0.15) is 0 Å². The van der Waals surface area contributed by atoms with Crippen molar-refractivity contribution in [1.82, 2.24) is 0 Å². The molecule has 0 amide bonds. The predicted molar refractivity (Wildman–Crippen MR) is 137 cm³/mol. The first-order valence-corrected chi connectivity index (χ1v) is 14.1. The maximum absolute atomic E-state index is 11.9. The summed E-state index contributed by atoms with van der Waals surface area (Å²) in [5, 5.41) is 70.4. The van der Waals surface area contributed by atoms with Crippen LogP contribution in [-0.2, 0) is 33.2 Å². The minimum atomic E-state index is -1.69. The Bertz CT molecular complexity index is 696. The lowest BCUT2D eigenvalue weighted by atomic mass is 9.98. The molecule has 0 radical (unpaired) electrons. The zero-order valence-electron chi connectivity index (χ0n) is 23.3. The Balaban J connectivity index is 1.89. The number of aliphatic hydroxyl groups excluding tert-OH is 7. The van der Waals surface area contributed by atoms with Gasteiger partial charge >= 0.3 is 5.97 Å². The van der Waals surface area contributed by atoms with Gasteiger partial charge in [-0.15, -0.1) is 0 Å². The second-order valence-electron chi connectivity index (χ2n) is 10.2. The summed E-state index contributed by atoms with van der Waals surface area (Å²) in [6.07, 6.45) is -9.36. The molecule has 0 spiro atoms. The summed E-state index contributed by atoms with van der Waals surface area (Å²) >= 11 is 0. The highest BCUT2D eigenvalue weighted by Gasteiger charge is 2.47. The van der Waals surface area contributed by atoms with E-state index in [1.54, 1.807) is 6.92 Å². The standard InChI is InChI=1S/C26H48O14/c1-3-5-6-7-8-9-10-35-12-15(38-18(28)4-2)13-36-25-24(34)22(32)20(30)17(40-25)14-37-26-23(33)21(31)19(29)16(11-27)39-26/h15-17,19-27,29-34H,3-14H2,1-2H3. The van der Waals surface area contributed by atoms with E-state index in [0.717, 1.165) is 19.3 Å². The van der Waals surface area contributed by atoms with Gasteiger partial charge < -0.3 is 64.2 Å². The van der Waals surface area contributed by atoms with E-state index in [4.69, 9.17) is 28.4 Å². The molecule has 11 atom stereocenters. The molecule has 236 valence electrons. The molecule has 40 heavy (non-hydrogen) atoms. The van der Waals surface area contributed by atoms with Crippen molar-refractivity contribution in [1.29, 1.82) is 0 Å². The van der Waals surface area contributed by atoms with Crippen molar-refractivity contribution >= 4 is 5.97 Å². The quantitative estimate of drug-likeness (QED) is 0.0709. The van der Waals surface area contributed by atoms with Crippen LogP contribution in [-0.4, -0.2) is 142 Å². The second-order valence-corrected chi connectivity index (χ2v) is 10.2. The number of hydrogen-bond acceptors (Lipinski definition) is 14. The van der Waals surface area contributed by atoms with Gasteiger partial charge in [0.2, 0.25) is 0 Å². The van der Waals surface area contributed by atoms with Crippen LogP contribution >= 0.6 is 0 Å². The summed E-state index contributed by atoms with van der Waals surface area (Å²) in [5.41, 5.74) is 0. The Morgan fingerprint density at radius 1 is 0.725 bits per heavy atom. The van der Waals surface area contributed by atoms with E-state index < -0.39 is 86.7 Å². The first-order valence-electron chi connectivity index (χ1n) is 14.1. The van der Waals surface area contributed by atoms with Gasteiger partial charge in [0, 0.05) is 13.0 Å². The lowest BCUT2D eigenvalue weighted by Gasteiger charge is -2.42. The highest BCUT2D eigenvalue weighted by Crippen LogP contribution is 2.26. The van der Waals surface area contributed by atoms with E-state index in [1.165, 1.54) is 19.3 Å². The predicted octanol–water partition coefficient (Wildman–Crippen LogP) is -1.67. The fourth-order valence-corrected chi connectivity index (χ4v) is 4.37. The largest absolute Gasteiger partial charge is 0.457 e. The summed E-state index contributed by atoms with van der Waals surface area (Å²) in [4.78, 5) is 11.9. The molecule has 14 heteroatoms. The van der Waals surface area contributed by atoms with E-state index in [-0.39, 0.29) is 19.6 Å². The molecule has 0 aromatic rings. The highest BCUT2D eigenvalue weighted by molar-refractivity contribution is 5.69. The minimum absolute atomic E-state index is 0.0539. The molecule has 2 saturated heterocycles. The van der Waals surface area contributed by atoms with Crippen molar-refractivity contribution in [3.8, 4) is 0 Å². The molecular weight excluding hydrogens is 536 g/mol. The fraction of sp³-hybridized carbons (Fsp3) is 0.962. The second kappa shape index (κ2) is 18.5. The smallest absolute Gasteiger partial charge is 0.305 e. The third kappa shape index (κ3) is 10.7. The van der Waals surface area contributed by atoms with Gasteiger partial charge in [0.15, 0.2) is 12.6 Å². The maximum atomic E-state index is 11.9. The van der Waals surface area contributed by atoms with Gasteiger partial charge in [-0.05, 0) is 6.42 Å². The average Bonchev–Trinajstić information content (AvgIpc) is 2.95. The first kappa shape index (κ1) is 35.2. The van der Waals surface area contributed by atoms with Crippen molar-refractivity contribution in [2.24, 2.45) is 0 Å². The van der Waals surface area contributed by atoms with Gasteiger partial charge in [-0.1, -0.05) is 46.0 Å². The van der Waals surface area contributed by atoms with Crippen molar-refractivity contribution < 1.29 is 69.0 Å². The Hall–Kier alpha value is -1.01. The number of hydrogen-bond donors (Lipinski definition) is 7. The third-order valence-electron chi connectivity index (χ3n) is 6.92. The zero-order valence-corrected chi connectivity index (χ0v) is 23.3. The van der Waals surface area contributed by atoms with Crippen LogP contribution in [0, 0.1) is 0 Å². The number of carbonyl (C=O) groups excluding carboxylic acids is 1. The molecule has 11 unspecified atom stereocenters. The van der Waals surface area contributed by atoms with Crippen molar-refractivity contribution in [3.05, 3.63) is 0 Å². The lowest BCUT2D eigenvalue weighted by molar-refractivity contribution is -0.332. The minimum Gasteiger partial charge on any atom is -0.457 e. The molecule has 0 aromatic carbocycles. The van der Waals surface area contributed by atoms with Gasteiger partial charge in [0.1, 0.15) is 54.9 Å². The number of unbranched alkanes of at least 4 members (excludes halogenated alkanes) is 5. The Labute approximate surface area is 234 Å². The molecule has 2 aliphatic rings. The Morgan fingerprint density at radius 3 is 1.93 bits per heavy atom. The summed E-state index contributed by atoms with van der Waals surface area (Å²) in [5.74, 6) is -0.469. The van der Waals surface area contributed by atoms with E-state index >= 15 is 0 Å². The molecule has 2 heterocycles. The monoisotopic (exact) mass is 584 g/mol. The van der Waals surface area contributed by atoms with Crippen molar-refractivity contribution in [2.75, 3.05) is 33.0 Å². The molecule has 2 fully saturated rings. The Morgan fingerprint density at radius 2 is 1.30 bits per heavy atom. The molecule has 14 nitrogen and oxygen atoms in total. The van der Waals surface area contributed by atoms with Crippen LogP contribution in [0.5, 0.6) is 0 Å². The number of aliphatic hydroxyl groups is 7. The van der Waals surface area contributed by atoms with Gasteiger partial charge in [-0.3, -0.25) is 4.79 Å². The number of carbonyl (C=O) groups is 1. The SMILES string of the molecule is CCCCCCCCOCC(COC1OC(COC2OC(CO)C(O)C(O)C2O)C(O)C(O)C1O)OC(=O)CC. The fourth-order valence-electron chi connectivity index (χ4n) is 4.37. The van der Waals surface area contributed by atoms with Crippen LogP contribution in [0.3, 0.4) is 0 Å². The summed E-state index contributed by atoms with van der Waals surface area (Å²) in [6, 6.07) is 0. The molecule has 7 N–H and O–H groups in total. The number of ether oxygens (including phenoxy) is 6. The topological polar surface area (TPSA) is 214 Å². The lowest BCUT2D eigenvalue weighted by Crippen LogP contribution is -2.61. The van der Waals surface area contributed by atoms with Crippen molar-refractivity contribution in [2.45, 2.75) is 126 Å². The Kier molecular flexibility index (Phi) is 16.3. The summed E-state index contributed by atoms with van der Waals surface area (Å²) in [6.45, 7) is 2.97. The van der Waals surface area contributed by atoms with Crippen LogP contribution in [0.25, 0.3) is 0 Å². The van der Waals surface area contributed by atoms with Crippen LogP contribution in [0.2, 0.25) is 0 Å². The molecular formula is C26H48O14. The zero-order chi connectivity index (χ0) is 29.7. The molecule has 0 aliphatic carbocycles. The normalized spacial score (nSPS) is 35.4. The molecule has 2 aliphatic heterocycles. The van der Waals surface area contributed by atoms with E-state index in [9.17, 15) is 40.5 Å². The van der Waals surface area contributed by atoms with Crippen LogP contribution in [0.1, 0.15) is 58.8 Å². The molecule has 2 rings (SSSR count). The van der Waals surface area contributed by atoms with E-state index in [1.807, 2.05) is 0 Å². The van der Waals surface area contributed by atoms with Crippen LogP contribution < -0.4 is 0 Å². The van der Waals surface area contributed by atoms with E-state index in [2.05, 4.69) is 6.92 Å². The highest BCUT2D eigenvalue weighted by atomic mass is 16.7. The first-order chi connectivity index (χ1) is 19.1. The van der Waals surface area contributed by atoms with Gasteiger partial charge in [0.25, 0.3) is 0 Å². The molecule has 0 bridgehead atoms. The van der Waals surface area contributed by atoms with Crippen molar-refractivity contribution in [3.63, 3.8) is 0 Å². The van der Waals surface area contributed by atoms with Crippen LogP contribution in [0.15, 0.2) is 0 Å². The number of rotatable bonds is 18. The van der Waals surface area contributed by atoms with Gasteiger partial charge in [-0.25, -0.2) is 0 Å². The van der Waals surface area contributed by atoms with Crippen LogP contribution in [0.4, 0.5) is 0 Å².